The molecule has 1 N–H and O–H groups in total. The van der Waals surface area contributed by atoms with Crippen LogP contribution in [0.5, 0.6) is 0 Å². The van der Waals surface area contributed by atoms with Crippen molar-refractivity contribution < 1.29 is 4.39 Å². The van der Waals surface area contributed by atoms with Gasteiger partial charge in [0.15, 0.2) is 0 Å². The predicted octanol–water partition coefficient (Wildman–Crippen LogP) is 4.61. The molecule has 4 atom stereocenters. The van der Waals surface area contributed by atoms with Crippen molar-refractivity contribution in [2.45, 2.75) is 52.0 Å². The lowest BCUT2D eigenvalue weighted by Gasteiger charge is -2.28. The standard InChI is InChI=1S/C18H26FN/c1-3-20-18(17-11-16(19)7-4-12(17)2)10-15-9-13-5-6-14(15)8-13/h4,7,11,13-15,18,20H,3,5-6,8-10H2,1-2H3. The third kappa shape index (κ3) is 2.76. The highest BCUT2D eigenvalue weighted by molar-refractivity contribution is 5.29. The minimum Gasteiger partial charge on any atom is -0.310 e. The monoisotopic (exact) mass is 275 g/mol. The summed E-state index contributed by atoms with van der Waals surface area (Å²) in [5.41, 5.74) is 2.37. The molecule has 1 aromatic carbocycles. The van der Waals surface area contributed by atoms with Gasteiger partial charge in [-0.1, -0.05) is 19.4 Å². The molecular weight excluding hydrogens is 249 g/mol. The Kier molecular flexibility index (Phi) is 4.11. The summed E-state index contributed by atoms with van der Waals surface area (Å²) in [5.74, 6) is 2.66. The van der Waals surface area contributed by atoms with Crippen molar-refractivity contribution in [2.24, 2.45) is 17.8 Å². The van der Waals surface area contributed by atoms with Gasteiger partial charge in [-0.15, -0.1) is 0 Å². The normalized spacial score (nSPS) is 29.9. The number of hydrogen-bond donors (Lipinski definition) is 1. The second kappa shape index (κ2) is 5.85. The maximum Gasteiger partial charge on any atom is 0.123 e. The van der Waals surface area contributed by atoms with Crippen molar-refractivity contribution in [1.82, 2.24) is 5.32 Å². The molecule has 1 aromatic rings. The third-order valence-electron chi connectivity index (χ3n) is 5.49. The minimum absolute atomic E-state index is 0.110. The van der Waals surface area contributed by atoms with Crippen LogP contribution in [0.1, 0.15) is 56.2 Å². The average molecular weight is 275 g/mol. The van der Waals surface area contributed by atoms with Crippen LogP contribution in [0.4, 0.5) is 4.39 Å². The lowest BCUT2D eigenvalue weighted by Crippen LogP contribution is -2.26. The Morgan fingerprint density at radius 1 is 1.30 bits per heavy atom. The van der Waals surface area contributed by atoms with Crippen LogP contribution in [-0.2, 0) is 0 Å². The molecule has 0 saturated heterocycles. The van der Waals surface area contributed by atoms with Crippen LogP contribution in [0.25, 0.3) is 0 Å². The number of halogens is 1. The first-order valence-electron chi connectivity index (χ1n) is 8.16. The van der Waals surface area contributed by atoms with Crippen molar-refractivity contribution in [3.63, 3.8) is 0 Å². The maximum absolute atomic E-state index is 13.6. The third-order valence-corrected chi connectivity index (χ3v) is 5.49. The van der Waals surface area contributed by atoms with Gasteiger partial charge in [0.05, 0.1) is 0 Å². The van der Waals surface area contributed by atoms with Gasteiger partial charge < -0.3 is 5.32 Å². The minimum atomic E-state index is -0.110. The topological polar surface area (TPSA) is 12.0 Å². The molecular formula is C18H26FN. The zero-order chi connectivity index (χ0) is 14.1. The molecule has 0 aliphatic heterocycles. The molecule has 2 heteroatoms. The Labute approximate surface area is 122 Å². The fourth-order valence-electron chi connectivity index (χ4n) is 4.52. The van der Waals surface area contributed by atoms with Crippen LogP contribution in [-0.4, -0.2) is 6.54 Å². The van der Waals surface area contributed by atoms with Gasteiger partial charge in [-0.3, -0.25) is 0 Å². The molecule has 0 spiro atoms. The number of aryl methyl sites for hydroxylation is 1. The quantitative estimate of drug-likeness (QED) is 0.827. The summed E-state index contributed by atoms with van der Waals surface area (Å²) in [5, 5.41) is 3.59. The van der Waals surface area contributed by atoms with E-state index in [4.69, 9.17) is 0 Å². The number of fused-ring (bicyclic) bond motifs is 2. The van der Waals surface area contributed by atoms with Gasteiger partial charge >= 0.3 is 0 Å². The van der Waals surface area contributed by atoms with E-state index >= 15 is 0 Å². The van der Waals surface area contributed by atoms with Crippen LogP contribution in [0.15, 0.2) is 18.2 Å². The van der Waals surface area contributed by atoms with Gasteiger partial charge in [0.25, 0.3) is 0 Å². The summed E-state index contributed by atoms with van der Waals surface area (Å²) in [7, 11) is 0. The smallest absolute Gasteiger partial charge is 0.123 e. The highest BCUT2D eigenvalue weighted by Crippen LogP contribution is 2.51. The van der Waals surface area contributed by atoms with E-state index < -0.39 is 0 Å². The van der Waals surface area contributed by atoms with Crippen LogP contribution in [0.3, 0.4) is 0 Å². The van der Waals surface area contributed by atoms with E-state index in [0.717, 1.165) is 29.9 Å². The molecule has 4 unspecified atom stereocenters. The molecule has 20 heavy (non-hydrogen) atoms. The molecule has 2 aliphatic carbocycles. The Hall–Kier alpha value is -0.890. The number of benzene rings is 1. The first kappa shape index (κ1) is 14.1. The molecule has 3 rings (SSSR count). The second-order valence-corrected chi connectivity index (χ2v) is 6.78. The highest BCUT2D eigenvalue weighted by Gasteiger charge is 2.40. The highest BCUT2D eigenvalue weighted by atomic mass is 19.1. The fourth-order valence-corrected chi connectivity index (χ4v) is 4.52. The first-order chi connectivity index (χ1) is 9.67. The van der Waals surface area contributed by atoms with Crippen LogP contribution >= 0.6 is 0 Å². The Bertz CT molecular complexity index is 470. The largest absolute Gasteiger partial charge is 0.310 e. The van der Waals surface area contributed by atoms with E-state index in [2.05, 4.69) is 19.2 Å². The summed E-state index contributed by atoms with van der Waals surface area (Å²) in [6, 6.07) is 5.53. The van der Waals surface area contributed by atoms with Crippen LogP contribution in [0, 0.1) is 30.5 Å². The fraction of sp³-hybridized carbons (Fsp3) is 0.667. The van der Waals surface area contributed by atoms with Gasteiger partial charge in [-0.25, -0.2) is 4.39 Å². The van der Waals surface area contributed by atoms with E-state index in [9.17, 15) is 4.39 Å². The van der Waals surface area contributed by atoms with Gasteiger partial charge in [-0.05, 0) is 80.2 Å². The van der Waals surface area contributed by atoms with Crippen LogP contribution < -0.4 is 5.32 Å². The summed E-state index contributed by atoms with van der Waals surface area (Å²) >= 11 is 0. The van der Waals surface area contributed by atoms with Crippen molar-refractivity contribution in [3.8, 4) is 0 Å². The summed E-state index contributed by atoms with van der Waals surface area (Å²) < 4.78 is 13.6. The molecule has 110 valence electrons. The number of nitrogens with one attached hydrogen (secondary N) is 1. The Morgan fingerprint density at radius 3 is 2.80 bits per heavy atom. The zero-order valence-electron chi connectivity index (χ0n) is 12.7. The number of hydrogen-bond acceptors (Lipinski definition) is 1. The summed E-state index contributed by atoms with van der Waals surface area (Å²) in [6.45, 7) is 5.18. The lowest BCUT2D eigenvalue weighted by molar-refractivity contribution is 0.280. The van der Waals surface area contributed by atoms with Gasteiger partial charge in [0, 0.05) is 6.04 Å². The molecule has 2 fully saturated rings. The maximum atomic E-state index is 13.6. The van der Waals surface area contributed by atoms with Crippen LogP contribution in [0.2, 0.25) is 0 Å². The molecule has 2 bridgehead atoms. The Morgan fingerprint density at radius 2 is 2.15 bits per heavy atom. The molecule has 0 heterocycles. The average Bonchev–Trinajstić information content (AvgIpc) is 3.03. The van der Waals surface area contributed by atoms with E-state index in [0.29, 0.717) is 6.04 Å². The van der Waals surface area contributed by atoms with E-state index in [1.165, 1.54) is 37.7 Å². The van der Waals surface area contributed by atoms with Crippen molar-refractivity contribution >= 4 is 0 Å². The van der Waals surface area contributed by atoms with Gasteiger partial charge in [-0.2, -0.15) is 0 Å². The van der Waals surface area contributed by atoms with E-state index in [1.54, 1.807) is 12.1 Å². The Balaban J connectivity index is 1.76. The second-order valence-electron chi connectivity index (χ2n) is 6.78. The van der Waals surface area contributed by atoms with Gasteiger partial charge in [0.2, 0.25) is 0 Å². The SMILES string of the molecule is CCNC(CC1CC2CCC1C2)c1cc(F)ccc1C. The van der Waals surface area contributed by atoms with Gasteiger partial charge in [0.1, 0.15) is 5.82 Å². The molecule has 0 radical (unpaired) electrons. The number of rotatable bonds is 5. The molecule has 0 amide bonds. The van der Waals surface area contributed by atoms with E-state index in [1.807, 2.05) is 6.07 Å². The molecule has 1 nitrogen and oxygen atoms in total. The lowest BCUT2D eigenvalue weighted by atomic mass is 9.82. The molecule has 2 aliphatic rings. The zero-order valence-corrected chi connectivity index (χ0v) is 12.7. The first-order valence-corrected chi connectivity index (χ1v) is 8.16. The molecule has 0 aromatic heterocycles. The predicted molar refractivity (Wildman–Crippen MR) is 81.1 cm³/mol. The van der Waals surface area contributed by atoms with Crippen molar-refractivity contribution in [2.75, 3.05) is 6.54 Å². The summed E-state index contributed by atoms with van der Waals surface area (Å²) in [6.07, 6.45) is 6.91. The van der Waals surface area contributed by atoms with Crippen molar-refractivity contribution in [1.29, 1.82) is 0 Å². The van der Waals surface area contributed by atoms with E-state index in [-0.39, 0.29) is 5.82 Å². The molecule has 2 saturated carbocycles. The van der Waals surface area contributed by atoms with Crippen molar-refractivity contribution in [3.05, 3.63) is 35.1 Å². The summed E-state index contributed by atoms with van der Waals surface area (Å²) in [4.78, 5) is 0.